The Kier molecular flexibility index (Phi) is 3.67. The molecule has 2 fully saturated rings. The lowest BCUT2D eigenvalue weighted by atomic mass is 10.3. The molecule has 5 nitrogen and oxygen atoms in total. The predicted molar refractivity (Wildman–Crippen MR) is 71.5 cm³/mol. The maximum atomic E-state index is 5.62. The third kappa shape index (κ3) is 2.93. The Hall–Kier alpha value is -0.850. The minimum absolute atomic E-state index is 0.378. The number of thioether (sulfide) groups is 1. The summed E-state index contributed by atoms with van der Waals surface area (Å²) < 4.78 is 5.62. The fourth-order valence-electron chi connectivity index (χ4n) is 2.07. The topological polar surface area (TPSA) is 73.1 Å². The van der Waals surface area contributed by atoms with Crippen LogP contribution in [0.2, 0.25) is 0 Å². The molecule has 3 N–H and O–H groups in total. The first kappa shape index (κ1) is 12.2. The molecule has 0 bridgehead atoms. The quantitative estimate of drug-likeness (QED) is 0.367. The van der Waals surface area contributed by atoms with Crippen LogP contribution in [0, 0.1) is 0 Å². The van der Waals surface area contributed by atoms with E-state index < -0.39 is 0 Å². The first-order valence-corrected chi connectivity index (χ1v) is 7.43. The molecule has 0 radical (unpaired) electrons. The molecule has 0 amide bonds. The lowest BCUT2D eigenvalue weighted by Crippen LogP contribution is -2.11. The van der Waals surface area contributed by atoms with Crippen molar-refractivity contribution in [2.24, 2.45) is 5.84 Å². The molecule has 0 spiro atoms. The van der Waals surface area contributed by atoms with E-state index in [1.165, 1.54) is 19.3 Å². The van der Waals surface area contributed by atoms with Gasteiger partial charge in [0.2, 0.25) is 0 Å². The van der Waals surface area contributed by atoms with Gasteiger partial charge in [0.15, 0.2) is 0 Å². The van der Waals surface area contributed by atoms with E-state index in [9.17, 15) is 0 Å². The van der Waals surface area contributed by atoms with E-state index in [0.717, 1.165) is 29.6 Å². The van der Waals surface area contributed by atoms with Crippen LogP contribution in [-0.2, 0) is 4.74 Å². The normalized spacial score (nSPS) is 23.3. The molecule has 1 unspecified atom stereocenters. The van der Waals surface area contributed by atoms with Crippen LogP contribution in [0.5, 0.6) is 0 Å². The number of anilines is 1. The number of nitrogens with two attached hydrogens (primary N) is 1. The summed E-state index contributed by atoms with van der Waals surface area (Å²) in [5.74, 6) is 8.60. The minimum Gasteiger partial charge on any atom is -0.377 e. The van der Waals surface area contributed by atoms with Gasteiger partial charge in [-0.2, -0.15) is 0 Å². The van der Waals surface area contributed by atoms with E-state index in [1.54, 1.807) is 11.8 Å². The molecule has 1 aromatic rings. The monoisotopic (exact) mass is 266 g/mol. The minimum atomic E-state index is 0.378. The summed E-state index contributed by atoms with van der Waals surface area (Å²) in [6.45, 7) is 0.901. The molecule has 1 atom stereocenters. The lowest BCUT2D eigenvalue weighted by Gasteiger charge is -2.10. The third-order valence-corrected chi connectivity index (χ3v) is 4.29. The summed E-state index contributed by atoms with van der Waals surface area (Å²) in [4.78, 5) is 9.01. The van der Waals surface area contributed by atoms with Gasteiger partial charge in [-0.05, 0) is 25.7 Å². The van der Waals surface area contributed by atoms with Crippen molar-refractivity contribution in [3.05, 3.63) is 11.9 Å². The van der Waals surface area contributed by atoms with Crippen LogP contribution < -0.4 is 11.3 Å². The molecule has 98 valence electrons. The van der Waals surface area contributed by atoms with Gasteiger partial charge >= 0.3 is 0 Å². The molecular formula is C12H18N4OS. The van der Waals surface area contributed by atoms with Gasteiger partial charge in [0, 0.05) is 24.3 Å². The zero-order chi connectivity index (χ0) is 12.4. The Balaban J connectivity index is 1.67. The van der Waals surface area contributed by atoms with E-state index in [2.05, 4.69) is 15.4 Å². The number of aromatic nitrogens is 2. The van der Waals surface area contributed by atoms with E-state index >= 15 is 0 Å². The number of nitrogens with one attached hydrogen (secondary N) is 1. The maximum absolute atomic E-state index is 5.62. The van der Waals surface area contributed by atoms with E-state index in [-0.39, 0.29) is 0 Å². The zero-order valence-corrected chi connectivity index (χ0v) is 11.1. The summed E-state index contributed by atoms with van der Waals surface area (Å²) >= 11 is 1.73. The first-order valence-electron chi connectivity index (χ1n) is 6.45. The highest BCUT2D eigenvalue weighted by atomic mass is 32.2. The smallest absolute Gasteiger partial charge is 0.144 e. The van der Waals surface area contributed by atoms with Crippen LogP contribution >= 0.6 is 11.8 Å². The van der Waals surface area contributed by atoms with Gasteiger partial charge in [-0.1, -0.05) is 0 Å². The van der Waals surface area contributed by atoms with Crippen molar-refractivity contribution in [2.75, 3.05) is 17.8 Å². The first-order chi connectivity index (χ1) is 8.85. The zero-order valence-electron chi connectivity index (χ0n) is 10.3. The Bertz CT molecular complexity index is 419. The van der Waals surface area contributed by atoms with Crippen molar-refractivity contribution < 1.29 is 4.74 Å². The second kappa shape index (κ2) is 5.42. The number of hydrogen-bond donors (Lipinski definition) is 2. The van der Waals surface area contributed by atoms with Crippen LogP contribution in [0.4, 0.5) is 5.82 Å². The van der Waals surface area contributed by atoms with E-state index in [4.69, 9.17) is 10.6 Å². The van der Waals surface area contributed by atoms with Crippen molar-refractivity contribution in [3.8, 4) is 0 Å². The van der Waals surface area contributed by atoms with Gasteiger partial charge in [-0.15, -0.1) is 11.8 Å². The average molecular weight is 266 g/mol. The largest absolute Gasteiger partial charge is 0.377 e. The summed E-state index contributed by atoms with van der Waals surface area (Å²) in [5, 5.41) is 0.996. The number of nitrogens with zero attached hydrogens (tertiary/aromatic N) is 2. The summed E-state index contributed by atoms with van der Waals surface area (Å²) in [6, 6.07) is 1.91. The molecule has 3 rings (SSSR count). The fraction of sp³-hybridized carbons (Fsp3) is 0.667. The van der Waals surface area contributed by atoms with Crippen molar-refractivity contribution in [2.45, 2.75) is 42.7 Å². The van der Waals surface area contributed by atoms with Crippen molar-refractivity contribution in [3.63, 3.8) is 0 Å². The molecule has 1 saturated carbocycles. The van der Waals surface area contributed by atoms with Crippen molar-refractivity contribution >= 4 is 17.6 Å². The van der Waals surface area contributed by atoms with Gasteiger partial charge in [0.05, 0.1) is 6.10 Å². The number of hydrazine groups is 1. The number of hydrogen-bond acceptors (Lipinski definition) is 6. The van der Waals surface area contributed by atoms with Crippen molar-refractivity contribution in [1.82, 2.24) is 9.97 Å². The molecule has 1 aliphatic heterocycles. The van der Waals surface area contributed by atoms with Crippen LogP contribution in [0.1, 0.15) is 37.4 Å². The standard InChI is InChI=1S/C12H18N4OS/c13-16-10-6-11(15-12(14-10)8-3-4-8)18-7-9-2-1-5-17-9/h6,8-9H,1-5,7,13H2,(H,14,15,16). The SMILES string of the molecule is NNc1cc(SCC2CCCO2)nc(C2CC2)n1. The summed E-state index contributed by atoms with van der Waals surface area (Å²) in [5.41, 5.74) is 2.62. The van der Waals surface area contributed by atoms with Gasteiger partial charge in [0.25, 0.3) is 0 Å². The predicted octanol–water partition coefficient (Wildman–Crippen LogP) is 1.91. The van der Waals surface area contributed by atoms with Crippen LogP contribution in [-0.4, -0.2) is 28.4 Å². The molecule has 2 heterocycles. The number of ether oxygens (including phenoxy) is 1. The highest BCUT2D eigenvalue weighted by molar-refractivity contribution is 7.99. The molecular weight excluding hydrogens is 248 g/mol. The van der Waals surface area contributed by atoms with Crippen LogP contribution in [0.25, 0.3) is 0 Å². The highest BCUT2D eigenvalue weighted by Gasteiger charge is 2.27. The molecule has 6 heteroatoms. The molecule has 1 saturated heterocycles. The molecule has 2 aliphatic rings. The van der Waals surface area contributed by atoms with Gasteiger partial charge < -0.3 is 10.2 Å². The molecule has 18 heavy (non-hydrogen) atoms. The van der Waals surface area contributed by atoms with Crippen LogP contribution in [0.3, 0.4) is 0 Å². The average Bonchev–Trinajstić information content (AvgIpc) is 3.13. The number of nitrogen functional groups attached to an aromatic ring is 1. The van der Waals surface area contributed by atoms with Crippen LogP contribution in [0.15, 0.2) is 11.1 Å². The summed E-state index contributed by atoms with van der Waals surface area (Å²) in [7, 11) is 0. The summed E-state index contributed by atoms with van der Waals surface area (Å²) in [6.07, 6.45) is 5.12. The molecule has 1 aliphatic carbocycles. The van der Waals surface area contributed by atoms with Gasteiger partial charge in [-0.25, -0.2) is 15.8 Å². The van der Waals surface area contributed by atoms with E-state index in [1.807, 2.05) is 6.07 Å². The second-order valence-corrected chi connectivity index (χ2v) is 5.85. The fourth-order valence-corrected chi connectivity index (χ4v) is 3.04. The highest BCUT2D eigenvalue weighted by Crippen LogP contribution is 2.39. The van der Waals surface area contributed by atoms with E-state index in [0.29, 0.717) is 17.8 Å². The molecule has 1 aromatic heterocycles. The Morgan fingerprint density at radius 2 is 2.28 bits per heavy atom. The Morgan fingerprint density at radius 3 is 2.94 bits per heavy atom. The van der Waals surface area contributed by atoms with Gasteiger partial charge in [0.1, 0.15) is 16.7 Å². The second-order valence-electron chi connectivity index (χ2n) is 4.81. The number of rotatable bonds is 5. The third-order valence-electron chi connectivity index (χ3n) is 3.25. The maximum Gasteiger partial charge on any atom is 0.144 e. The molecule has 0 aromatic carbocycles. The van der Waals surface area contributed by atoms with Crippen molar-refractivity contribution in [1.29, 1.82) is 0 Å². The Morgan fingerprint density at radius 1 is 1.39 bits per heavy atom. The lowest BCUT2D eigenvalue weighted by molar-refractivity contribution is 0.129. The van der Waals surface area contributed by atoms with Gasteiger partial charge in [-0.3, -0.25) is 0 Å². The Labute approximate surface area is 111 Å².